The molecule has 21 heavy (non-hydrogen) atoms. The van der Waals surface area contributed by atoms with Gasteiger partial charge in [-0.25, -0.2) is 5.43 Å². The molecule has 1 aromatic carbocycles. The van der Waals surface area contributed by atoms with Gasteiger partial charge < -0.3 is 5.32 Å². The molecule has 1 aliphatic carbocycles. The Morgan fingerprint density at radius 2 is 1.95 bits per heavy atom. The van der Waals surface area contributed by atoms with Crippen molar-refractivity contribution in [3.8, 4) is 0 Å². The van der Waals surface area contributed by atoms with E-state index in [-0.39, 0.29) is 23.7 Å². The molecule has 2 unspecified atom stereocenters. The minimum absolute atomic E-state index is 0.0528. The highest BCUT2D eigenvalue weighted by molar-refractivity contribution is 6.08. The number of hydrogen-bond donors (Lipinski definition) is 2. The summed E-state index contributed by atoms with van der Waals surface area (Å²) < 4.78 is 0. The van der Waals surface area contributed by atoms with Gasteiger partial charge in [0.05, 0.1) is 5.71 Å². The number of fused-ring (bicyclic) bond motifs is 2. The first kappa shape index (κ1) is 12.6. The topological polar surface area (TPSA) is 70.6 Å². The van der Waals surface area contributed by atoms with Crippen LogP contribution >= 0.6 is 0 Å². The van der Waals surface area contributed by atoms with Crippen LogP contribution in [0.15, 0.2) is 23.3 Å². The lowest BCUT2D eigenvalue weighted by Gasteiger charge is -2.38. The highest BCUT2D eigenvalue weighted by Gasteiger charge is 2.42. The predicted octanol–water partition coefficient (Wildman–Crippen LogP) is 1.82. The van der Waals surface area contributed by atoms with E-state index in [1.54, 1.807) is 0 Å². The Hall–Kier alpha value is -2.17. The number of nitrogens with zero attached hydrogens (tertiary/aromatic N) is 1. The van der Waals surface area contributed by atoms with Gasteiger partial charge in [-0.05, 0) is 48.9 Å². The highest BCUT2D eigenvalue weighted by Crippen LogP contribution is 2.39. The van der Waals surface area contributed by atoms with Crippen LogP contribution in [0, 0.1) is 11.8 Å². The molecule has 2 atom stereocenters. The van der Waals surface area contributed by atoms with E-state index in [0.717, 1.165) is 48.2 Å². The molecular formula is C16H17N3O2. The largest absolute Gasteiger partial charge is 0.326 e. The van der Waals surface area contributed by atoms with Crippen LogP contribution in [-0.4, -0.2) is 17.5 Å². The van der Waals surface area contributed by atoms with Gasteiger partial charge in [-0.2, -0.15) is 5.10 Å². The highest BCUT2D eigenvalue weighted by atomic mass is 16.2. The Kier molecular flexibility index (Phi) is 2.80. The lowest BCUT2D eigenvalue weighted by molar-refractivity contribution is -0.129. The van der Waals surface area contributed by atoms with Crippen LogP contribution in [0.25, 0.3) is 0 Å². The van der Waals surface area contributed by atoms with Gasteiger partial charge in [0.2, 0.25) is 11.8 Å². The summed E-state index contributed by atoms with van der Waals surface area (Å²) in [4.78, 5) is 23.3. The Bertz CT molecular complexity index is 665. The molecule has 0 spiro atoms. The smallest absolute Gasteiger partial charge is 0.243 e. The molecule has 5 nitrogen and oxygen atoms in total. The van der Waals surface area contributed by atoms with E-state index in [0.29, 0.717) is 6.42 Å². The maximum atomic E-state index is 11.7. The fourth-order valence-corrected chi connectivity index (χ4v) is 3.43. The van der Waals surface area contributed by atoms with Crippen molar-refractivity contribution in [2.24, 2.45) is 16.9 Å². The van der Waals surface area contributed by atoms with E-state index in [2.05, 4.69) is 21.9 Å². The lowest BCUT2D eigenvalue weighted by atomic mass is 9.68. The van der Waals surface area contributed by atoms with E-state index in [9.17, 15) is 9.59 Å². The van der Waals surface area contributed by atoms with Gasteiger partial charge >= 0.3 is 0 Å². The number of anilines is 1. The number of rotatable bonds is 1. The second kappa shape index (κ2) is 4.69. The Morgan fingerprint density at radius 1 is 1.10 bits per heavy atom. The van der Waals surface area contributed by atoms with Crippen LogP contribution < -0.4 is 10.7 Å². The van der Waals surface area contributed by atoms with Crippen LogP contribution in [0.4, 0.5) is 5.69 Å². The van der Waals surface area contributed by atoms with Crippen molar-refractivity contribution in [1.29, 1.82) is 0 Å². The standard InChI is InChI=1S/C16H17N3O2/c20-14-3-1-2-9-8-10(4-7-13(9)17-14)15-11-5-6-12(11)16(21)19-18-15/h4,7-8,11-12H,1-3,5-6H2,(H,17,20)(H,19,21). The maximum absolute atomic E-state index is 11.7. The van der Waals surface area contributed by atoms with Gasteiger partial charge in [0, 0.05) is 23.9 Å². The van der Waals surface area contributed by atoms with Crippen molar-refractivity contribution >= 4 is 23.2 Å². The molecule has 4 rings (SSSR count). The molecule has 2 heterocycles. The van der Waals surface area contributed by atoms with Crippen LogP contribution in [0.3, 0.4) is 0 Å². The third-order valence-electron chi connectivity index (χ3n) is 4.77. The predicted molar refractivity (Wildman–Crippen MR) is 78.9 cm³/mol. The third kappa shape index (κ3) is 2.04. The molecule has 3 aliphatic rings. The summed E-state index contributed by atoms with van der Waals surface area (Å²) in [6.07, 6.45) is 4.33. The van der Waals surface area contributed by atoms with Gasteiger partial charge in [0.25, 0.3) is 0 Å². The van der Waals surface area contributed by atoms with E-state index < -0.39 is 0 Å². The second-order valence-corrected chi connectivity index (χ2v) is 6.04. The first-order valence-corrected chi connectivity index (χ1v) is 7.53. The van der Waals surface area contributed by atoms with Crippen molar-refractivity contribution in [3.05, 3.63) is 29.3 Å². The van der Waals surface area contributed by atoms with Gasteiger partial charge in [-0.3, -0.25) is 9.59 Å². The van der Waals surface area contributed by atoms with Crippen LogP contribution in [-0.2, 0) is 16.0 Å². The zero-order valence-corrected chi connectivity index (χ0v) is 11.7. The van der Waals surface area contributed by atoms with E-state index in [1.807, 2.05) is 12.1 Å². The summed E-state index contributed by atoms with van der Waals surface area (Å²) in [5, 5.41) is 7.23. The number of benzene rings is 1. The molecule has 0 radical (unpaired) electrons. The number of carbonyl (C=O) groups is 2. The van der Waals surface area contributed by atoms with Crippen molar-refractivity contribution in [3.63, 3.8) is 0 Å². The molecule has 0 aromatic heterocycles. The molecule has 1 aromatic rings. The van der Waals surface area contributed by atoms with Gasteiger partial charge in [-0.15, -0.1) is 0 Å². The second-order valence-electron chi connectivity index (χ2n) is 6.04. The van der Waals surface area contributed by atoms with Crippen molar-refractivity contribution in [2.75, 3.05) is 5.32 Å². The quantitative estimate of drug-likeness (QED) is 0.825. The van der Waals surface area contributed by atoms with E-state index in [4.69, 9.17) is 0 Å². The first-order valence-electron chi connectivity index (χ1n) is 7.53. The molecule has 1 saturated carbocycles. The summed E-state index contributed by atoms with van der Waals surface area (Å²) in [7, 11) is 0. The normalized spacial score (nSPS) is 27.3. The number of carbonyl (C=O) groups excluding carboxylic acids is 2. The molecule has 5 heteroatoms. The molecule has 2 N–H and O–H groups in total. The van der Waals surface area contributed by atoms with Gasteiger partial charge in [0.1, 0.15) is 0 Å². The van der Waals surface area contributed by atoms with Crippen LogP contribution in [0.2, 0.25) is 0 Å². The van der Waals surface area contributed by atoms with Crippen molar-refractivity contribution < 1.29 is 9.59 Å². The minimum atomic E-state index is 0.0528. The molecule has 2 aliphatic heterocycles. The zero-order valence-electron chi connectivity index (χ0n) is 11.7. The fraction of sp³-hybridized carbons (Fsp3) is 0.438. The van der Waals surface area contributed by atoms with Crippen molar-refractivity contribution in [2.45, 2.75) is 32.1 Å². The van der Waals surface area contributed by atoms with E-state index >= 15 is 0 Å². The Balaban J connectivity index is 1.69. The molecule has 0 bridgehead atoms. The number of aryl methyl sites for hydroxylation is 1. The van der Waals surface area contributed by atoms with E-state index in [1.165, 1.54) is 0 Å². The average Bonchev–Trinajstić information content (AvgIpc) is 2.60. The number of hydrazone groups is 1. The van der Waals surface area contributed by atoms with Gasteiger partial charge in [0.15, 0.2) is 0 Å². The van der Waals surface area contributed by atoms with Crippen molar-refractivity contribution in [1.82, 2.24) is 5.43 Å². The molecule has 1 fully saturated rings. The van der Waals surface area contributed by atoms with Crippen LogP contribution in [0.5, 0.6) is 0 Å². The van der Waals surface area contributed by atoms with Gasteiger partial charge in [-0.1, -0.05) is 6.07 Å². The summed E-state index contributed by atoms with van der Waals surface area (Å²) >= 11 is 0. The summed E-state index contributed by atoms with van der Waals surface area (Å²) in [6, 6.07) is 6.07. The van der Waals surface area contributed by atoms with Crippen LogP contribution in [0.1, 0.15) is 36.8 Å². The lowest BCUT2D eigenvalue weighted by Crippen LogP contribution is -2.47. The minimum Gasteiger partial charge on any atom is -0.326 e. The fourth-order valence-electron chi connectivity index (χ4n) is 3.43. The summed E-state index contributed by atoms with van der Waals surface area (Å²) in [6.45, 7) is 0. The molecule has 0 saturated heterocycles. The molecular weight excluding hydrogens is 266 g/mol. The number of amides is 2. The first-order chi connectivity index (χ1) is 10.2. The Morgan fingerprint density at radius 3 is 2.76 bits per heavy atom. The molecule has 108 valence electrons. The number of hydrogen-bond acceptors (Lipinski definition) is 3. The third-order valence-corrected chi connectivity index (χ3v) is 4.77. The SMILES string of the molecule is O=C1CCCc2cc(C3=NNC(=O)C4CCC34)ccc2N1. The number of nitrogens with one attached hydrogen (secondary N) is 2. The summed E-state index contributed by atoms with van der Waals surface area (Å²) in [5.41, 5.74) is 6.77. The monoisotopic (exact) mass is 283 g/mol. The summed E-state index contributed by atoms with van der Waals surface area (Å²) in [5.74, 6) is 0.494. The average molecular weight is 283 g/mol. The molecule has 2 amide bonds. The maximum Gasteiger partial charge on any atom is 0.243 e. The Labute approximate surface area is 122 Å². The zero-order chi connectivity index (χ0) is 14.4.